The van der Waals surface area contributed by atoms with Crippen molar-refractivity contribution in [1.82, 2.24) is 10.3 Å². The minimum atomic E-state index is -4.56. The number of anilines is 1. The zero-order valence-electron chi connectivity index (χ0n) is 15.4. The van der Waals surface area contributed by atoms with Crippen molar-refractivity contribution < 1.29 is 27.5 Å². The number of hydrogen-bond acceptors (Lipinski definition) is 4. The SMILES string of the molecule is CC(C)N(C(=O)CNC(=O)OCc1ccccc1)c1ccc(C(F)(F)F)nc1. The third kappa shape index (κ3) is 5.97. The zero-order chi connectivity index (χ0) is 20.7. The molecule has 0 fully saturated rings. The van der Waals surface area contributed by atoms with Crippen LogP contribution in [-0.4, -0.2) is 29.6 Å². The standard InChI is InChI=1S/C19H20F3N3O3/c1-13(2)25(15-8-9-16(23-10-15)19(20,21)22)17(26)11-24-18(27)28-12-14-6-4-3-5-7-14/h3-10,13H,11-12H2,1-2H3,(H,24,27). The van der Waals surface area contributed by atoms with Crippen molar-refractivity contribution in [2.45, 2.75) is 32.7 Å². The Balaban J connectivity index is 1.94. The first-order valence-corrected chi connectivity index (χ1v) is 8.48. The van der Waals surface area contributed by atoms with Crippen LogP contribution in [0.2, 0.25) is 0 Å². The minimum absolute atomic E-state index is 0.0532. The molecule has 6 nitrogen and oxygen atoms in total. The van der Waals surface area contributed by atoms with Gasteiger partial charge in [-0.3, -0.25) is 4.79 Å². The summed E-state index contributed by atoms with van der Waals surface area (Å²) in [6, 6.07) is 10.6. The number of hydrogen-bond donors (Lipinski definition) is 1. The molecule has 1 N–H and O–H groups in total. The zero-order valence-corrected chi connectivity index (χ0v) is 15.4. The lowest BCUT2D eigenvalue weighted by atomic mass is 10.2. The highest BCUT2D eigenvalue weighted by Gasteiger charge is 2.32. The molecule has 28 heavy (non-hydrogen) atoms. The Labute approximate surface area is 160 Å². The van der Waals surface area contributed by atoms with E-state index in [1.54, 1.807) is 38.1 Å². The van der Waals surface area contributed by atoms with Gasteiger partial charge in [-0.2, -0.15) is 13.2 Å². The second-order valence-electron chi connectivity index (χ2n) is 6.17. The summed E-state index contributed by atoms with van der Waals surface area (Å²) in [5.74, 6) is -0.506. The Morgan fingerprint density at radius 1 is 1.14 bits per heavy atom. The molecule has 0 radical (unpaired) electrons. The van der Waals surface area contributed by atoms with E-state index in [-0.39, 0.29) is 24.9 Å². The summed E-state index contributed by atoms with van der Waals surface area (Å²) in [6.07, 6.45) is -4.35. The largest absolute Gasteiger partial charge is 0.445 e. The highest BCUT2D eigenvalue weighted by molar-refractivity contribution is 5.96. The Bertz CT molecular complexity index is 794. The number of rotatable bonds is 6. The van der Waals surface area contributed by atoms with E-state index in [4.69, 9.17) is 4.74 Å². The van der Waals surface area contributed by atoms with Crippen LogP contribution in [0.25, 0.3) is 0 Å². The summed E-state index contributed by atoms with van der Waals surface area (Å²) < 4.78 is 42.9. The number of halogens is 3. The van der Waals surface area contributed by atoms with Gasteiger partial charge in [0, 0.05) is 6.04 Å². The number of benzene rings is 1. The molecule has 0 spiro atoms. The molecule has 150 valence electrons. The van der Waals surface area contributed by atoms with Crippen LogP contribution in [0.3, 0.4) is 0 Å². The second-order valence-corrected chi connectivity index (χ2v) is 6.17. The molecule has 0 saturated heterocycles. The van der Waals surface area contributed by atoms with Gasteiger partial charge in [0.15, 0.2) is 0 Å². The van der Waals surface area contributed by atoms with E-state index in [1.807, 2.05) is 6.07 Å². The Morgan fingerprint density at radius 2 is 1.82 bits per heavy atom. The number of alkyl halides is 3. The van der Waals surface area contributed by atoms with E-state index < -0.39 is 23.9 Å². The van der Waals surface area contributed by atoms with Crippen LogP contribution in [0.1, 0.15) is 25.1 Å². The number of nitrogens with one attached hydrogen (secondary N) is 1. The average Bonchev–Trinajstić information content (AvgIpc) is 2.65. The quantitative estimate of drug-likeness (QED) is 0.808. The van der Waals surface area contributed by atoms with Crippen LogP contribution in [0, 0.1) is 0 Å². The van der Waals surface area contributed by atoms with Gasteiger partial charge in [0.05, 0.1) is 11.9 Å². The van der Waals surface area contributed by atoms with Gasteiger partial charge in [0.25, 0.3) is 0 Å². The minimum Gasteiger partial charge on any atom is -0.445 e. The van der Waals surface area contributed by atoms with Crippen LogP contribution in [0.15, 0.2) is 48.7 Å². The monoisotopic (exact) mass is 395 g/mol. The maximum Gasteiger partial charge on any atom is 0.433 e. The van der Waals surface area contributed by atoms with Gasteiger partial charge in [-0.15, -0.1) is 0 Å². The van der Waals surface area contributed by atoms with Gasteiger partial charge in [-0.25, -0.2) is 9.78 Å². The number of nitrogens with zero attached hydrogens (tertiary/aromatic N) is 2. The molecule has 2 rings (SSSR count). The third-order valence-electron chi connectivity index (χ3n) is 3.70. The van der Waals surface area contributed by atoms with Gasteiger partial charge in [0.2, 0.25) is 5.91 Å². The summed E-state index contributed by atoms with van der Waals surface area (Å²) in [6.45, 7) is 3.08. The maximum absolute atomic E-state index is 12.6. The summed E-state index contributed by atoms with van der Waals surface area (Å²) in [5.41, 5.74) is -0.0499. The van der Waals surface area contributed by atoms with Gasteiger partial charge in [-0.05, 0) is 31.5 Å². The molecule has 0 unspecified atom stereocenters. The predicted molar refractivity (Wildman–Crippen MR) is 96.5 cm³/mol. The molecule has 0 aliphatic carbocycles. The molecule has 0 bridgehead atoms. The van der Waals surface area contributed by atoms with E-state index >= 15 is 0 Å². The lowest BCUT2D eigenvalue weighted by Gasteiger charge is -2.27. The fourth-order valence-electron chi connectivity index (χ4n) is 2.43. The highest BCUT2D eigenvalue weighted by Crippen LogP contribution is 2.28. The first kappa shape index (κ1) is 21.2. The van der Waals surface area contributed by atoms with E-state index in [0.29, 0.717) is 0 Å². The lowest BCUT2D eigenvalue weighted by Crippen LogP contribution is -2.44. The van der Waals surface area contributed by atoms with E-state index in [0.717, 1.165) is 17.8 Å². The summed E-state index contributed by atoms with van der Waals surface area (Å²) >= 11 is 0. The van der Waals surface area contributed by atoms with Crippen molar-refractivity contribution in [3.05, 3.63) is 59.9 Å². The molecule has 1 aromatic heterocycles. The normalized spacial score (nSPS) is 11.2. The number of alkyl carbamates (subject to hydrolysis) is 1. The number of carbonyl (C=O) groups is 2. The second kappa shape index (κ2) is 9.20. The molecule has 1 aromatic carbocycles. The lowest BCUT2D eigenvalue weighted by molar-refractivity contribution is -0.141. The van der Waals surface area contributed by atoms with Crippen LogP contribution in [0.4, 0.5) is 23.7 Å². The Morgan fingerprint density at radius 3 is 2.36 bits per heavy atom. The molecular formula is C19H20F3N3O3. The molecule has 9 heteroatoms. The van der Waals surface area contributed by atoms with E-state index in [9.17, 15) is 22.8 Å². The molecule has 0 aliphatic rings. The van der Waals surface area contributed by atoms with E-state index in [1.165, 1.54) is 11.0 Å². The van der Waals surface area contributed by atoms with Crippen LogP contribution in [0.5, 0.6) is 0 Å². The van der Waals surface area contributed by atoms with Crippen molar-refractivity contribution in [3.63, 3.8) is 0 Å². The van der Waals surface area contributed by atoms with Crippen LogP contribution >= 0.6 is 0 Å². The maximum atomic E-state index is 12.6. The van der Waals surface area contributed by atoms with Crippen molar-refractivity contribution in [2.24, 2.45) is 0 Å². The number of carbonyl (C=O) groups excluding carboxylic acids is 2. The summed E-state index contributed by atoms with van der Waals surface area (Å²) in [5, 5.41) is 2.34. The Kier molecular flexibility index (Phi) is 6.97. The van der Waals surface area contributed by atoms with Crippen molar-refractivity contribution >= 4 is 17.7 Å². The van der Waals surface area contributed by atoms with Gasteiger partial charge < -0.3 is 15.0 Å². The number of amides is 2. The molecule has 1 heterocycles. The van der Waals surface area contributed by atoms with E-state index in [2.05, 4.69) is 10.3 Å². The summed E-state index contributed by atoms with van der Waals surface area (Å²) in [7, 11) is 0. The van der Waals surface area contributed by atoms with Gasteiger partial charge in [0.1, 0.15) is 18.8 Å². The molecule has 0 saturated carbocycles. The molecule has 2 amide bonds. The first-order chi connectivity index (χ1) is 13.2. The third-order valence-corrected chi connectivity index (χ3v) is 3.70. The first-order valence-electron chi connectivity index (χ1n) is 8.48. The van der Waals surface area contributed by atoms with Crippen LogP contribution in [-0.2, 0) is 22.3 Å². The fraction of sp³-hybridized carbons (Fsp3) is 0.316. The molecule has 0 aliphatic heterocycles. The number of pyridine rings is 1. The van der Waals surface area contributed by atoms with Gasteiger partial charge in [-0.1, -0.05) is 30.3 Å². The summed E-state index contributed by atoms with van der Waals surface area (Å²) in [4.78, 5) is 28.8. The smallest absolute Gasteiger partial charge is 0.433 e. The van der Waals surface area contributed by atoms with Crippen LogP contribution < -0.4 is 10.2 Å². The topological polar surface area (TPSA) is 71.5 Å². The fourth-order valence-corrected chi connectivity index (χ4v) is 2.43. The number of ether oxygens (including phenoxy) is 1. The highest BCUT2D eigenvalue weighted by atomic mass is 19.4. The van der Waals surface area contributed by atoms with Crippen molar-refractivity contribution in [3.8, 4) is 0 Å². The molecule has 2 aromatic rings. The van der Waals surface area contributed by atoms with Crippen molar-refractivity contribution in [2.75, 3.05) is 11.4 Å². The molecular weight excluding hydrogens is 375 g/mol. The average molecular weight is 395 g/mol. The van der Waals surface area contributed by atoms with Gasteiger partial charge >= 0.3 is 12.3 Å². The predicted octanol–water partition coefficient (Wildman–Crippen LogP) is 3.77. The van der Waals surface area contributed by atoms with Crippen molar-refractivity contribution in [1.29, 1.82) is 0 Å². The number of aromatic nitrogens is 1. The Hall–Kier alpha value is -3.10. The molecule has 0 atom stereocenters.